The molecule has 0 radical (unpaired) electrons. The summed E-state index contributed by atoms with van der Waals surface area (Å²) in [5, 5.41) is 1.98. The Kier molecular flexibility index (Phi) is 7.35. The van der Waals surface area contributed by atoms with E-state index in [1.165, 1.54) is 34.5 Å². The lowest BCUT2D eigenvalue weighted by Gasteiger charge is -2.26. The van der Waals surface area contributed by atoms with Crippen molar-refractivity contribution in [3.05, 3.63) is 0 Å². The third-order valence-corrected chi connectivity index (χ3v) is 15.1. The molecule has 0 aromatic carbocycles. The lowest BCUT2D eigenvalue weighted by Crippen LogP contribution is -2.15. The quantitative estimate of drug-likeness (QED) is 0.407. The van der Waals surface area contributed by atoms with E-state index in [1.807, 2.05) is 0 Å². The van der Waals surface area contributed by atoms with Crippen LogP contribution in [-0.2, 0) is 0 Å². The molecule has 3 aliphatic rings. The van der Waals surface area contributed by atoms with Crippen molar-refractivity contribution >= 4 is 90.2 Å². The largest absolute Gasteiger partial charge is 0.156 e. The third-order valence-electron chi connectivity index (χ3n) is 2.50. The zero-order chi connectivity index (χ0) is 12.2. The Labute approximate surface area is 143 Å². The van der Waals surface area contributed by atoms with Gasteiger partial charge in [0.25, 0.3) is 0 Å². The minimum Gasteiger partial charge on any atom is -0.156 e. The fraction of sp³-hybridized carbons (Fsp3) is 1.00. The molecule has 4 atom stereocenters. The van der Waals surface area contributed by atoms with Gasteiger partial charge in [0, 0.05) is 45.0 Å². The second kappa shape index (κ2) is 8.44. The van der Waals surface area contributed by atoms with Crippen LogP contribution in [0.4, 0.5) is 0 Å². The first kappa shape index (κ1) is 15.7. The molecule has 0 spiro atoms. The van der Waals surface area contributed by atoms with Crippen molar-refractivity contribution in [1.82, 2.24) is 0 Å². The first-order chi connectivity index (χ1) is 8.90. The van der Waals surface area contributed by atoms with E-state index in [1.54, 1.807) is 0 Å². The van der Waals surface area contributed by atoms with Crippen LogP contribution in [0, 0.1) is 0 Å². The van der Waals surface area contributed by atoms with E-state index in [9.17, 15) is 0 Å². The van der Waals surface area contributed by atoms with Gasteiger partial charge in [-0.1, -0.05) is 43.2 Å². The number of thioether (sulfide) groups is 4. The Morgan fingerprint density at radius 2 is 1.11 bits per heavy atom. The first-order valence-corrected chi connectivity index (χ1v) is 14.9. The van der Waals surface area contributed by atoms with Crippen LogP contribution in [0.3, 0.4) is 0 Å². The van der Waals surface area contributed by atoms with E-state index >= 15 is 0 Å². The summed E-state index contributed by atoms with van der Waals surface area (Å²) in [4.78, 5) is 0. The van der Waals surface area contributed by atoms with Crippen molar-refractivity contribution in [2.75, 3.05) is 34.5 Å². The van der Waals surface area contributed by atoms with E-state index in [0.29, 0.717) is 0 Å². The predicted octanol–water partition coefficient (Wildman–Crippen LogP) is 5.11. The molecule has 8 heteroatoms. The highest BCUT2D eigenvalue weighted by Crippen LogP contribution is 2.48. The topological polar surface area (TPSA) is 0 Å². The van der Waals surface area contributed by atoms with E-state index in [-0.39, 0.29) is 0 Å². The number of hydrogen-bond donors (Lipinski definition) is 0. The highest BCUT2D eigenvalue weighted by Gasteiger charge is 2.27. The third kappa shape index (κ3) is 6.28. The van der Waals surface area contributed by atoms with Crippen molar-refractivity contribution in [2.45, 2.75) is 19.7 Å². The van der Waals surface area contributed by atoms with Crippen molar-refractivity contribution in [2.24, 2.45) is 0 Å². The van der Waals surface area contributed by atoms with E-state index in [0.717, 1.165) is 19.7 Å². The minimum absolute atomic E-state index is 0.838. The van der Waals surface area contributed by atoms with Gasteiger partial charge in [-0.25, -0.2) is 0 Å². The van der Waals surface area contributed by atoms with Crippen LogP contribution in [0.5, 0.6) is 0 Å². The van der Waals surface area contributed by atoms with Gasteiger partial charge in [0.1, 0.15) is 0 Å². The summed E-state index contributed by atoms with van der Waals surface area (Å²) in [7, 11) is 8.48. The fourth-order valence-electron chi connectivity index (χ4n) is 1.29. The second-order valence-electron chi connectivity index (χ2n) is 4.20. The van der Waals surface area contributed by atoms with Gasteiger partial charge in [-0.15, -0.1) is 23.5 Å². The van der Waals surface area contributed by atoms with Crippen LogP contribution in [0.15, 0.2) is 0 Å². The summed E-state index contributed by atoms with van der Waals surface area (Å²) in [6, 6.07) is 0. The predicted molar refractivity (Wildman–Crippen MR) is 105 cm³/mol. The lowest BCUT2D eigenvalue weighted by atomic mass is 10.6. The Bertz CT molecular complexity index is 220. The van der Waals surface area contributed by atoms with Crippen LogP contribution < -0.4 is 0 Å². The molecule has 3 aliphatic heterocycles. The minimum atomic E-state index is 0.838. The summed E-state index contributed by atoms with van der Waals surface area (Å²) in [5.74, 6) is 8.24. The number of hydrogen-bond acceptors (Lipinski definition) is 8. The molecule has 3 heterocycles. The highest BCUT2D eigenvalue weighted by atomic mass is 33.1. The van der Waals surface area contributed by atoms with Crippen molar-refractivity contribution in [3.8, 4) is 0 Å². The molecule has 0 aromatic heterocycles. The molecule has 0 bridgehead atoms. The molecular weight excluding hydrogens is 377 g/mol. The first-order valence-electron chi connectivity index (χ1n) is 5.93. The highest BCUT2D eigenvalue weighted by molar-refractivity contribution is 8.79. The molecule has 3 rings (SSSR count). The molecule has 4 unspecified atom stereocenters. The molecule has 0 aromatic rings. The summed E-state index contributed by atoms with van der Waals surface area (Å²) in [6.07, 6.45) is 0. The molecule has 0 aliphatic carbocycles. The Balaban J connectivity index is 1.21. The van der Waals surface area contributed by atoms with Gasteiger partial charge in [0.2, 0.25) is 0 Å². The van der Waals surface area contributed by atoms with E-state index in [4.69, 9.17) is 0 Å². The molecule has 3 saturated heterocycles. The van der Waals surface area contributed by atoms with Crippen LogP contribution in [-0.4, -0.2) is 54.2 Å². The number of rotatable bonds is 8. The maximum atomic E-state index is 2.19. The zero-order valence-corrected chi connectivity index (χ0v) is 16.4. The summed E-state index contributed by atoms with van der Waals surface area (Å²) in [5.41, 5.74) is 0. The maximum Gasteiger partial charge on any atom is 0.0697 e. The normalized spacial score (nSPS) is 38.7. The van der Waals surface area contributed by atoms with Gasteiger partial charge in [0.05, 0.1) is 9.16 Å². The van der Waals surface area contributed by atoms with Crippen molar-refractivity contribution < 1.29 is 0 Å². The van der Waals surface area contributed by atoms with Crippen molar-refractivity contribution in [1.29, 1.82) is 0 Å². The molecule has 0 N–H and O–H groups in total. The van der Waals surface area contributed by atoms with Gasteiger partial charge in [0.15, 0.2) is 0 Å². The summed E-state index contributed by atoms with van der Waals surface area (Å²) >= 11 is 8.62. The fourth-order valence-corrected chi connectivity index (χ4v) is 14.0. The monoisotopic (exact) mass is 392 g/mol. The molecular formula is C10H16S8. The van der Waals surface area contributed by atoms with Gasteiger partial charge < -0.3 is 0 Å². The van der Waals surface area contributed by atoms with Crippen LogP contribution in [0.1, 0.15) is 0 Å². The van der Waals surface area contributed by atoms with Gasteiger partial charge in [-0.3, -0.25) is 0 Å². The second-order valence-corrected chi connectivity index (χ2v) is 15.2. The molecule has 0 amide bonds. The lowest BCUT2D eigenvalue weighted by molar-refractivity contribution is 1.27. The standard InChI is InChI=1S/C10H16S8/c1-7(11-1)3-15-17-9-5-14-10(6-13-9)18-16-4-8-2-12-8/h7-10H,1-6H2. The Morgan fingerprint density at radius 1 is 0.667 bits per heavy atom. The van der Waals surface area contributed by atoms with Crippen molar-refractivity contribution in [3.63, 3.8) is 0 Å². The van der Waals surface area contributed by atoms with Crippen LogP contribution in [0.2, 0.25) is 0 Å². The van der Waals surface area contributed by atoms with Gasteiger partial charge in [-0.05, 0) is 0 Å². The van der Waals surface area contributed by atoms with Gasteiger partial charge >= 0.3 is 0 Å². The zero-order valence-electron chi connectivity index (χ0n) is 9.82. The van der Waals surface area contributed by atoms with E-state index in [2.05, 4.69) is 90.2 Å². The molecule has 0 nitrogen and oxygen atoms in total. The van der Waals surface area contributed by atoms with Gasteiger partial charge in [-0.2, -0.15) is 23.5 Å². The molecule has 18 heavy (non-hydrogen) atoms. The summed E-state index contributed by atoms with van der Waals surface area (Å²) in [6.45, 7) is 0. The molecule has 0 saturated carbocycles. The molecule has 104 valence electrons. The average molecular weight is 393 g/mol. The van der Waals surface area contributed by atoms with E-state index < -0.39 is 0 Å². The smallest absolute Gasteiger partial charge is 0.0697 e. The SMILES string of the molecule is C(SSC1CSC(SSCC2CS2)CS1)C1CS1. The Hall–Kier alpha value is 2.80. The van der Waals surface area contributed by atoms with Crippen LogP contribution >= 0.6 is 90.2 Å². The maximum absolute atomic E-state index is 2.19. The average Bonchev–Trinajstić information content (AvgIpc) is 3.25. The molecule has 3 fully saturated rings. The Morgan fingerprint density at radius 3 is 1.44 bits per heavy atom. The van der Waals surface area contributed by atoms with Crippen LogP contribution in [0.25, 0.3) is 0 Å². The summed E-state index contributed by atoms with van der Waals surface area (Å²) < 4.78 is 1.68.